The van der Waals surface area contributed by atoms with Crippen molar-refractivity contribution in [2.45, 2.75) is 44.1 Å². The third-order valence-corrected chi connectivity index (χ3v) is 6.39. The monoisotopic (exact) mass is 378 g/mol. The van der Waals surface area contributed by atoms with Gasteiger partial charge in [0.1, 0.15) is 0 Å². The van der Waals surface area contributed by atoms with Gasteiger partial charge < -0.3 is 15.0 Å². The van der Waals surface area contributed by atoms with E-state index in [0.717, 1.165) is 45.5 Å². The first-order chi connectivity index (χ1) is 13.8. The van der Waals surface area contributed by atoms with Gasteiger partial charge >= 0.3 is 0 Å². The number of hydrogen-bond donors (Lipinski definition) is 1. The van der Waals surface area contributed by atoms with Gasteiger partial charge in [-0.2, -0.15) is 0 Å². The molecule has 0 bridgehead atoms. The summed E-state index contributed by atoms with van der Waals surface area (Å²) >= 11 is 0. The molecule has 2 fully saturated rings. The zero-order valence-electron chi connectivity index (χ0n) is 17.0. The van der Waals surface area contributed by atoms with E-state index in [0.29, 0.717) is 0 Å². The number of nitrogens with zero attached hydrogens (tertiary/aromatic N) is 1. The van der Waals surface area contributed by atoms with E-state index in [9.17, 15) is 0 Å². The Morgan fingerprint density at radius 2 is 1.57 bits per heavy atom. The van der Waals surface area contributed by atoms with Crippen LogP contribution in [0.25, 0.3) is 11.1 Å². The first kappa shape index (κ1) is 19.6. The predicted molar refractivity (Wildman–Crippen MR) is 117 cm³/mol. The molecular weight excluding hydrogens is 344 g/mol. The van der Waals surface area contributed by atoms with Gasteiger partial charge in [0.25, 0.3) is 0 Å². The second kappa shape index (κ2) is 9.69. The Hall–Kier alpha value is -1.68. The minimum absolute atomic E-state index is 0.0358. The molecule has 2 heterocycles. The fourth-order valence-corrected chi connectivity index (χ4v) is 4.75. The van der Waals surface area contributed by atoms with E-state index in [4.69, 9.17) is 4.74 Å². The van der Waals surface area contributed by atoms with Crippen LogP contribution in [0.2, 0.25) is 0 Å². The normalized spacial score (nSPS) is 20.1. The van der Waals surface area contributed by atoms with Crippen molar-refractivity contribution < 1.29 is 4.74 Å². The van der Waals surface area contributed by atoms with E-state index in [1.807, 2.05) is 0 Å². The molecule has 2 saturated heterocycles. The molecule has 0 unspecified atom stereocenters. The third-order valence-electron chi connectivity index (χ3n) is 6.39. The van der Waals surface area contributed by atoms with Gasteiger partial charge in [-0.05, 0) is 68.6 Å². The average Bonchev–Trinajstić information content (AvgIpc) is 2.76. The van der Waals surface area contributed by atoms with Crippen LogP contribution in [0.3, 0.4) is 0 Å². The zero-order chi connectivity index (χ0) is 19.1. The largest absolute Gasteiger partial charge is 0.373 e. The summed E-state index contributed by atoms with van der Waals surface area (Å²) in [5, 5.41) is 3.52. The molecule has 0 amide bonds. The molecule has 150 valence electrons. The summed E-state index contributed by atoms with van der Waals surface area (Å²) in [6.45, 7) is 6.53. The lowest BCUT2D eigenvalue weighted by atomic mass is 9.83. The standard InChI is InChI=1S/C25H34N2O/c1-3-9-22(10-4-1)24-12-6-5-11-23(24)21-25(13-15-26-16-14-25)28-20-19-27-17-7-2-8-18-27/h1,3-6,9-12,26H,2,7-8,13-21H2. The smallest absolute Gasteiger partial charge is 0.0747 e. The number of hydrogen-bond acceptors (Lipinski definition) is 3. The van der Waals surface area contributed by atoms with Crippen molar-refractivity contribution in [3.63, 3.8) is 0 Å². The molecule has 0 aromatic heterocycles. The molecule has 2 aliphatic rings. The van der Waals surface area contributed by atoms with Gasteiger partial charge in [-0.25, -0.2) is 0 Å². The van der Waals surface area contributed by atoms with E-state index in [-0.39, 0.29) is 5.60 Å². The molecule has 4 rings (SSSR count). The van der Waals surface area contributed by atoms with Gasteiger partial charge in [0.2, 0.25) is 0 Å². The first-order valence-corrected chi connectivity index (χ1v) is 11.1. The topological polar surface area (TPSA) is 24.5 Å². The summed E-state index contributed by atoms with van der Waals surface area (Å²) in [7, 11) is 0. The molecule has 28 heavy (non-hydrogen) atoms. The Labute approximate surface area is 170 Å². The Kier molecular flexibility index (Phi) is 6.79. The minimum atomic E-state index is -0.0358. The van der Waals surface area contributed by atoms with Crippen molar-refractivity contribution in [3.05, 3.63) is 60.2 Å². The molecule has 0 atom stereocenters. The second-order valence-corrected chi connectivity index (χ2v) is 8.38. The Morgan fingerprint density at radius 1 is 0.857 bits per heavy atom. The van der Waals surface area contributed by atoms with E-state index >= 15 is 0 Å². The number of ether oxygens (including phenoxy) is 1. The molecule has 0 spiro atoms. The zero-order valence-corrected chi connectivity index (χ0v) is 17.0. The lowest BCUT2D eigenvalue weighted by Crippen LogP contribution is -2.47. The van der Waals surface area contributed by atoms with Crippen LogP contribution >= 0.6 is 0 Å². The van der Waals surface area contributed by atoms with Crippen LogP contribution < -0.4 is 5.32 Å². The first-order valence-electron chi connectivity index (χ1n) is 11.1. The number of rotatable bonds is 7. The highest BCUT2D eigenvalue weighted by Gasteiger charge is 2.34. The van der Waals surface area contributed by atoms with Gasteiger partial charge in [0.05, 0.1) is 12.2 Å². The van der Waals surface area contributed by atoms with Gasteiger partial charge in [0, 0.05) is 13.0 Å². The highest BCUT2D eigenvalue weighted by Crippen LogP contribution is 2.32. The molecule has 1 N–H and O–H groups in total. The maximum Gasteiger partial charge on any atom is 0.0747 e. The van der Waals surface area contributed by atoms with Crippen LogP contribution in [0.5, 0.6) is 0 Å². The summed E-state index contributed by atoms with van der Waals surface area (Å²) < 4.78 is 6.69. The number of piperidine rings is 2. The van der Waals surface area contributed by atoms with Crippen molar-refractivity contribution in [2.24, 2.45) is 0 Å². The van der Waals surface area contributed by atoms with Crippen molar-refractivity contribution in [2.75, 3.05) is 39.3 Å². The van der Waals surface area contributed by atoms with Gasteiger partial charge in [-0.3, -0.25) is 0 Å². The van der Waals surface area contributed by atoms with Gasteiger partial charge in [-0.15, -0.1) is 0 Å². The van der Waals surface area contributed by atoms with Crippen LogP contribution in [0.4, 0.5) is 0 Å². The highest BCUT2D eigenvalue weighted by atomic mass is 16.5. The maximum atomic E-state index is 6.69. The maximum absolute atomic E-state index is 6.69. The lowest BCUT2D eigenvalue weighted by Gasteiger charge is -2.39. The minimum Gasteiger partial charge on any atom is -0.373 e. The van der Waals surface area contributed by atoms with Crippen LogP contribution in [0, 0.1) is 0 Å². The summed E-state index contributed by atoms with van der Waals surface area (Å²) in [6, 6.07) is 19.6. The lowest BCUT2D eigenvalue weighted by molar-refractivity contribution is -0.0716. The summed E-state index contributed by atoms with van der Waals surface area (Å²) in [5.41, 5.74) is 4.02. The van der Waals surface area contributed by atoms with Crippen molar-refractivity contribution in [1.82, 2.24) is 10.2 Å². The fraction of sp³-hybridized carbons (Fsp3) is 0.520. The van der Waals surface area contributed by atoms with E-state index in [1.54, 1.807) is 0 Å². The molecule has 0 radical (unpaired) electrons. The van der Waals surface area contributed by atoms with Gasteiger partial charge in [0.15, 0.2) is 0 Å². The molecule has 2 aromatic rings. The fourth-order valence-electron chi connectivity index (χ4n) is 4.75. The van der Waals surface area contributed by atoms with Gasteiger partial charge in [-0.1, -0.05) is 61.0 Å². The summed E-state index contributed by atoms with van der Waals surface area (Å²) in [4.78, 5) is 2.58. The Bertz CT molecular complexity index is 718. The molecule has 3 nitrogen and oxygen atoms in total. The SMILES string of the molecule is c1ccc(-c2ccccc2CC2(OCCN3CCCCC3)CCNCC2)cc1. The summed E-state index contributed by atoms with van der Waals surface area (Å²) in [5.74, 6) is 0. The molecular formula is C25H34N2O. The molecule has 2 aromatic carbocycles. The molecule has 2 aliphatic heterocycles. The summed E-state index contributed by atoms with van der Waals surface area (Å²) in [6.07, 6.45) is 7.27. The van der Waals surface area contributed by atoms with Crippen LogP contribution in [-0.2, 0) is 11.2 Å². The average molecular weight is 379 g/mol. The van der Waals surface area contributed by atoms with Crippen molar-refractivity contribution >= 4 is 0 Å². The van der Waals surface area contributed by atoms with Crippen LogP contribution in [0.1, 0.15) is 37.7 Å². The Morgan fingerprint density at radius 3 is 2.36 bits per heavy atom. The molecule has 0 aliphatic carbocycles. The van der Waals surface area contributed by atoms with Crippen molar-refractivity contribution in [1.29, 1.82) is 0 Å². The quantitative estimate of drug-likeness (QED) is 0.767. The predicted octanol–water partition coefficient (Wildman–Crippen LogP) is 4.52. The molecule has 0 saturated carbocycles. The van der Waals surface area contributed by atoms with E-state index in [1.165, 1.54) is 49.0 Å². The van der Waals surface area contributed by atoms with Crippen LogP contribution in [-0.4, -0.2) is 49.8 Å². The number of likely N-dealkylation sites (tertiary alicyclic amines) is 1. The van der Waals surface area contributed by atoms with Crippen LogP contribution in [0.15, 0.2) is 54.6 Å². The highest BCUT2D eigenvalue weighted by molar-refractivity contribution is 5.67. The number of benzene rings is 2. The Balaban J connectivity index is 1.47. The second-order valence-electron chi connectivity index (χ2n) is 8.38. The molecule has 3 heteroatoms. The van der Waals surface area contributed by atoms with Crippen molar-refractivity contribution in [3.8, 4) is 11.1 Å². The van der Waals surface area contributed by atoms with E-state index < -0.39 is 0 Å². The third kappa shape index (κ3) is 5.02. The number of nitrogens with one attached hydrogen (secondary N) is 1. The van der Waals surface area contributed by atoms with E-state index in [2.05, 4.69) is 64.8 Å².